The second kappa shape index (κ2) is 9.16. The zero-order chi connectivity index (χ0) is 13.5. The van der Waals surface area contributed by atoms with Crippen molar-refractivity contribution < 1.29 is 13.6 Å². The molecule has 0 saturated heterocycles. The van der Waals surface area contributed by atoms with Gasteiger partial charge in [-0.15, -0.1) is 11.8 Å². The summed E-state index contributed by atoms with van der Waals surface area (Å²) in [6.07, 6.45) is 1.78. The highest BCUT2D eigenvalue weighted by atomic mass is 33.1. The molecule has 0 spiro atoms. The molecule has 0 radical (unpaired) electrons. The fourth-order valence-electron chi connectivity index (χ4n) is 1.11. The van der Waals surface area contributed by atoms with Crippen LogP contribution in [0.5, 0.6) is 0 Å². The van der Waals surface area contributed by atoms with E-state index in [9.17, 15) is 4.57 Å². The Hall–Kier alpha value is 1.20. The third kappa shape index (κ3) is 7.38. The SMILES string of the molecule is CCSC(SSC)P(=O)(OC(C)C)OC(C)C. The van der Waals surface area contributed by atoms with Crippen molar-refractivity contribution in [2.24, 2.45) is 0 Å². The van der Waals surface area contributed by atoms with Gasteiger partial charge in [0.1, 0.15) is 0 Å². The molecule has 0 aromatic heterocycles. The lowest BCUT2D eigenvalue weighted by molar-refractivity contribution is 0.144. The van der Waals surface area contributed by atoms with Crippen LogP contribution in [0.25, 0.3) is 0 Å². The molecule has 1 atom stereocenters. The lowest BCUT2D eigenvalue weighted by atomic mass is 10.5. The molecule has 104 valence electrons. The van der Waals surface area contributed by atoms with Crippen molar-refractivity contribution in [3.8, 4) is 0 Å². The second-order valence-corrected chi connectivity index (χ2v) is 10.8. The Labute approximate surface area is 117 Å². The average Bonchev–Trinajstić information content (AvgIpc) is 2.14. The normalized spacial score (nSPS) is 14.6. The summed E-state index contributed by atoms with van der Waals surface area (Å²) in [6, 6.07) is 0. The van der Waals surface area contributed by atoms with Crippen LogP contribution in [-0.4, -0.2) is 28.5 Å². The van der Waals surface area contributed by atoms with E-state index < -0.39 is 7.60 Å². The summed E-state index contributed by atoms with van der Waals surface area (Å²) in [5, 5.41) is 0. The molecule has 17 heavy (non-hydrogen) atoms. The quantitative estimate of drug-likeness (QED) is 0.335. The Morgan fingerprint density at radius 2 is 1.59 bits per heavy atom. The smallest absolute Gasteiger partial charge is 0.304 e. The highest BCUT2D eigenvalue weighted by Gasteiger charge is 2.38. The van der Waals surface area contributed by atoms with Crippen LogP contribution in [0.2, 0.25) is 0 Å². The Balaban J connectivity index is 4.88. The molecule has 0 amide bonds. The van der Waals surface area contributed by atoms with Gasteiger partial charge in [-0.3, -0.25) is 4.57 Å². The Morgan fingerprint density at radius 3 is 1.88 bits per heavy atom. The summed E-state index contributed by atoms with van der Waals surface area (Å²) in [6.45, 7) is 9.58. The lowest BCUT2D eigenvalue weighted by Crippen LogP contribution is -2.14. The molecule has 0 aliphatic rings. The Morgan fingerprint density at radius 1 is 1.12 bits per heavy atom. The predicted octanol–water partition coefficient (Wildman–Crippen LogP) is 5.08. The van der Waals surface area contributed by atoms with E-state index in [1.54, 1.807) is 33.3 Å². The van der Waals surface area contributed by atoms with Gasteiger partial charge in [-0.25, -0.2) is 0 Å². The van der Waals surface area contributed by atoms with Gasteiger partial charge in [-0.2, -0.15) is 0 Å². The van der Waals surface area contributed by atoms with Gasteiger partial charge >= 0.3 is 7.60 Å². The number of hydrogen-bond acceptors (Lipinski definition) is 6. The van der Waals surface area contributed by atoms with Gasteiger partial charge < -0.3 is 9.05 Å². The monoisotopic (exact) mass is 318 g/mol. The van der Waals surface area contributed by atoms with Crippen LogP contribution in [0.3, 0.4) is 0 Å². The van der Waals surface area contributed by atoms with Crippen LogP contribution in [0.4, 0.5) is 0 Å². The summed E-state index contributed by atoms with van der Waals surface area (Å²) in [5.41, 5.74) is 0. The summed E-state index contributed by atoms with van der Waals surface area (Å²) < 4.78 is 23.8. The molecule has 0 aromatic carbocycles. The fraction of sp³-hybridized carbons (Fsp3) is 1.00. The van der Waals surface area contributed by atoms with E-state index in [1.807, 2.05) is 40.9 Å². The van der Waals surface area contributed by atoms with E-state index in [0.29, 0.717) is 0 Å². The summed E-state index contributed by atoms with van der Waals surface area (Å²) in [5.74, 6) is 0.894. The van der Waals surface area contributed by atoms with E-state index in [4.69, 9.17) is 9.05 Å². The molecule has 0 aliphatic carbocycles. The first-order chi connectivity index (χ1) is 7.85. The molecule has 0 saturated carbocycles. The highest BCUT2D eigenvalue weighted by Crippen LogP contribution is 2.64. The van der Waals surface area contributed by atoms with Crippen molar-refractivity contribution in [3.63, 3.8) is 0 Å². The van der Waals surface area contributed by atoms with Crippen LogP contribution in [-0.2, 0) is 13.6 Å². The van der Waals surface area contributed by atoms with Gasteiger partial charge in [-0.1, -0.05) is 28.5 Å². The van der Waals surface area contributed by atoms with Gasteiger partial charge in [0.15, 0.2) is 4.32 Å². The van der Waals surface area contributed by atoms with E-state index in [0.717, 1.165) is 5.75 Å². The molecular weight excluding hydrogens is 295 g/mol. The van der Waals surface area contributed by atoms with Crippen LogP contribution >= 0.6 is 40.9 Å². The first-order valence-corrected chi connectivity index (χ1v) is 10.9. The number of hydrogen-bond donors (Lipinski definition) is 0. The standard InChI is InChI=1S/C10H23O3PS3/c1-7-16-10(17-15-6)14(11,12-8(2)3)13-9(4)5/h8-10H,7H2,1-6H3. The van der Waals surface area contributed by atoms with E-state index in [1.165, 1.54) is 0 Å². The topological polar surface area (TPSA) is 35.5 Å². The first-order valence-electron chi connectivity index (χ1n) is 5.63. The summed E-state index contributed by atoms with van der Waals surface area (Å²) in [4.78, 5) is 0. The Kier molecular flexibility index (Phi) is 9.81. The molecular formula is C10H23O3PS3. The number of thioether (sulfide) groups is 1. The van der Waals surface area contributed by atoms with Crippen molar-refractivity contribution in [2.45, 2.75) is 51.1 Å². The minimum absolute atomic E-state index is 0.0954. The maximum absolute atomic E-state index is 12.8. The third-order valence-electron chi connectivity index (χ3n) is 1.46. The largest absolute Gasteiger partial charge is 0.354 e. The van der Waals surface area contributed by atoms with Crippen LogP contribution < -0.4 is 0 Å². The van der Waals surface area contributed by atoms with E-state index in [-0.39, 0.29) is 16.5 Å². The predicted molar refractivity (Wildman–Crippen MR) is 83.1 cm³/mol. The molecule has 7 heteroatoms. The summed E-state index contributed by atoms with van der Waals surface area (Å²) in [7, 11) is 0.0830. The molecule has 0 fully saturated rings. The average molecular weight is 318 g/mol. The van der Waals surface area contributed by atoms with Crippen LogP contribution in [0, 0.1) is 0 Å². The fourth-order valence-corrected chi connectivity index (χ4v) is 9.23. The second-order valence-electron chi connectivity index (χ2n) is 3.87. The molecule has 0 heterocycles. The third-order valence-corrected chi connectivity index (χ3v) is 9.34. The minimum atomic E-state index is -3.07. The molecule has 0 rings (SSSR count). The van der Waals surface area contributed by atoms with Crippen molar-refractivity contribution in [1.82, 2.24) is 0 Å². The number of rotatable bonds is 9. The van der Waals surface area contributed by atoms with Crippen molar-refractivity contribution in [2.75, 3.05) is 12.0 Å². The molecule has 0 aliphatic heterocycles. The van der Waals surface area contributed by atoms with Gasteiger partial charge in [0.25, 0.3) is 0 Å². The molecule has 3 nitrogen and oxygen atoms in total. The van der Waals surface area contributed by atoms with Crippen molar-refractivity contribution >= 4 is 40.9 Å². The zero-order valence-electron chi connectivity index (χ0n) is 11.3. The van der Waals surface area contributed by atoms with E-state index >= 15 is 0 Å². The lowest BCUT2D eigenvalue weighted by Gasteiger charge is -2.28. The van der Waals surface area contributed by atoms with Crippen LogP contribution in [0.1, 0.15) is 34.6 Å². The molecule has 0 N–H and O–H groups in total. The highest BCUT2D eigenvalue weighted by molar-refractivity contribution is 8.79. The molecule has 0 aromatic rings. The van der Waals surface area contributed by atoms with Gasteiger partial charge in [0, 0.05) is 0 Å². The van der Waals surface area contributed by atoms with Gasteiger partial charge in [-0.05, 0) is 39.7 Å². The maximum Gasteiger partial charge on any atom is 0.354 e. The summed E-state index contributed by atoms with van der Waals surface area (Å²) >= 11 is 1.62. The van der Waals surface area contributed by atoms with Crippen molar-refractivity contribution in [1.29, 1.82) is 0 Å². The van der Waals surface area contributed by atoms with Crippen molar-refractivity contribution in [3.05, 3.63) is 0 Å². The minimum Gasteiger partial charge on any atom is -0.304 e. The zero-order valence-corrected chi connectivity index (χ0v) is 14.7. The first kappa shape index (κ1) is 18.2. The maximum atomic E-state index is 12.8. The molecule has 0 bridgehead atoms. The Bertz CT molecular complexity index is 229. The van der Waals surface area contributed by atoms with Gasteiger partial charge in [0.2, 0.25) is 0 Å². The van der Waals surface area contributed by atoms with E-state index in [2.05, 4.69) is 0 Å². The molecule has 1 unspecified atom stereocenters. The van der Waals surface area contributed by atoms with Gasteiger partial charge in [0.05, 0.1) is 12.2 Å². The van der Waals surface area contributed by atoms with Crippen LogP contribution in [0.15, 0.2) is 0 Å².